The fourth-order valence-corrected chi connectivity index (χ4v) is 2.76. The van der Waals surface area contributed by atoms with Crippen molar-refractivity contribution in [3.8, 4) is 0 Å². The van der Waals surface area contributed by atoms with Gasteiger partial charge in [0.05, 0.1) is 13.1 Å². The monoisotopic (exact) mass is 344 g/mol. The van der Waals surface area contributed by atoms with Crippen LogP contribution in [0.5, 0.6) is 0 Å². The molecule has 1 aliphatic heterocycles. The Morgan fingerprint density at radius 3 is 2.80 bits per heavy atom. The number of benzene rings is 1. The van der Waals surface area contributed by atoms with E-state index in [1.165, 1.54) is 10.5 Å². The fraction of sp³-hybridized carbons (Fsp3) is 0.375. The summed E-state index contributed by atoms with van der Waals surface area (Å²) in [6.45, 7) is 1.22. The van der Waals surface area contributed by atoms with Gasteiger partial charge in [-0.25, -0.2) is 14.7 Å². The second kappa shape index (κ2) is 7.20. The molecular weight excluding hydrogens is 324 g/mol. The molecule has 0 radical (unpaired) electrons. The molecule has 132 valence electrons. The lowest BCUT2D eigenvalue weighted by Crippen LogP contribution is -2.46. The molecule has 0 spiro atoms. The van der Waals surface area contributed by atoms with Crippen molar-refractivity contribution >= 4 is 11.9 Å². The summed E-state index contributed by atoms with van der Waals surface area (Å²) in [5, 5.41) is 8.63. The zero-order valence-electron chi connectivity index (χ0n) is 13.9. The van der Waals surface area contributed by atoms with Gasteiger partial charge in [0.25, 0.3) is 0 Å². The Balaban J connectivity index is 1.48. The highest BCUT2D eigenvalue weighted by molar-refractivity contribution is 5.84. The quantitative estimate of drug-likeness (QED) is 0.714. The van der Waals surface area contributed by atoms with Gasteiger partial charge in [-0.15, -0.1) is 0 Å². The van der Waals surface area contributed by atoms with E-state index in [0.29, 0.717) is 18.9 Å². The van der Waals surface area contributed by atoms with Crippen LogP contribution >= 0.6 is 0 Å². The van der Waals surface area contributed by atoms with Crippen LogP contribution in [0.25, 0.3) is 0 Å². The van der Waals surface area contributed by atoms with Crippen molar-refractivity contribution in [2.24, 2.45) is 0 Å². The third kappa shape index (κ3) is 4.06. The average molecular weight is 344 g/mol. The largest absolute Gasteiger partial charge is 0.340 e. The Morgan fingerprint density at radius 2 is 2.08 bits per heavy atom. The molecule has 9 heteroatoms. The number of likely N-dealkylation sites (N-methyl/N-ethyl adjacent to an activating group) is 1. The molecule has 0 atom stereocenters. The van der Waals surface area contributed by atoms with E-state index in [1.54, 1.807) is 11.9 Å². The van der Waals surface area contributed by atoms with Crippen molar-refractivity contribution in [2.45, 2.75) is 19.5 Å². The van der Waals surface area contributed by atoms with Gasteiger partial charge in [-0.05, 0) is 17.5 Å². The summed E-state index contributed by atoms with van der Waals surface area (Å²) in [4.78, 5) is 40.9. The lowest BCUT2D eigenvalue weighted by atomic mass is 10.0. The van der Waals surface area contributed by atoms with E-state index in [0.717, 1.165) is 12.0 Å². The van der Waals surface area contributed by atoms with Crippen LogP contribution in [0.2, 0.25) is 0 Å². The SMILES string of the molecule is CN(Cc1n[nH]c(=O)[nH]1)C(=O)CNC(=O)N1CCc2ccccc2C1. The molecule has 2 heterocycles. The molecule has 0 unspecified atom stereocenters. The first-order chi connectivity index (χ1) is 12.0. The number of amides is 3. The van der Waals surface area contributed by atoms with Crippen molar-refractivity contribution in [3.05, 3.63) is 51.7 Å². The molecule has 1 aliphatic rings. The van der Waals surface area contributed by atoms with E-state index in [-0.39, 0.29) is 25.0 Å². The number of fused-ring (bicyclic) bond motifs is 1. The Kier molecular flexibility index (Phi) is 4.82. The van der Waals surface area contributed by atoms with E-state index in [9.17, 15) is 14.4 Å². The van der Waals surface area contributed by atoms with Crippen LogP contribution < -0.4 is 11.0 Å². The number of H-pyrrole nitrogens is 2. The number of hydrogen-bond acceptors (Lipinski definition) is 4. The molecule has 3 amide bonds. The molecule has 0 saturated carbocycles. The van der Waals surface area contributed by atoms with Crippen molar-refractivity contribution in [1.82, 2.24) is 30.3 Å². The van der Waals surface area contributed by atoms with Crippen molar-refractivity contribution in [1.29, 1.82) is 0 Å². The van der Waals surface area contributed by atoms with Gasteiger partial charge in [-0.3, -0.25) is 9.78 Å². The predicted molar refractivity (Wildman–Crippen MR) is 89.6 cm³/mol. The zero-order valence-corrected chi connectivity index (χ0v) is 13.9. The summed E-state index contributed by atoms with van der Waals surface area (Å²) in [5.74, 6) is 0.0921. The second-order valence-corrected chi connectivity index (χ2v) is 5.97. The molecule has 1 aromatic heterocycles. The third-order valence-corrected chi connectivity index (χ3v) is 4.17. The highest BCUT2D eigenvalue weighted by Gasteiger charge is 2.21. The van der Waals surface area contributed by atoms with Gasteiger partial charge in [-0.1, -0.05) is 24.3 Å². The van der Waals surface area contributed by atoms with E-state index in [1.807, 2.05) is 18.2 Å². The third-order valence-electron chi connectivity index (χ3n) is 4.17. The van der Waals surface area contributed by atoms with Gasteiger partial charge in [0.2, 0.25) is 5.91 Å². The number of nitrogens with one attached hydrogen (secondary N) is 3. The first-order valence-corrected chi connectivity index (χ1v) is 8.00. The smallest absolute Gasteiger partial charge is 0.337 e. The summed E-state index contributed by atoms with van der Waals surface area (Å²) < 4.78 is 0. The highest BCUT2D eigenvalue weighted by atomic mass is 16.2. The predicted octanol–water partition coefficient (Wildman–Crippen LogP) is -0.176. The number of aromatic amines is 2. The first-order valence-electron chi connectivity index (χ1n) is 8.00. The van der Waals surface area contributed by atoms with Crippen LogP contribution in [0.15, 0.2) is 29.1 Å². The maximum absolute atomic E-state index is 12.3. The van der Waals surface area contributed by atoms with Gasteiger partial charge in [0, 0.05) is 20.1 Å². The second-order valence-electron chi connectivity index (χ2n) is 5.97. The van der Waals surface area contributed by atoms with E-state index in [4.69, 9.17) is 0 Å². The van der Waals surface area contributed by atoms with Crippen LogP contribution in [0.4, 0.5) is 4.79 Å². The normalized spacial score (nSPS) is 13.2. The van der Waals surface area contributed by atoms with E-state index in [2.05, 4.69) is 26.6 Å². The van der Waals surface area contributed by atoms with Crippen LogP contribution in [-0.4, -0.2) is 57.1 Å². The number of nitrogens with zero attached hydrogens (tertiary/aromatic N) is 3. The number of urea groups is 1. The minimum absolute atomic E-state index is 0.109. The standard InChI is InChI=1S/C16H20N6O3/c1-21(10-13-18-15(24)20-19-13)14(23)8-17-16(25)22-7-6-11-4-2-3-5-12(11)9-22/h2-5H,6-10H2,1H3,(H,17,25)(H2,18,19,20,24). The molecule has 25 heavy (non-hydrogen) atoms. The number of rotatable bonds is 4. The molecule has 0 fully saturated rings. The molecular formula is C16H20N6O3. The minimum atomic E-state index is -0.422. The number of aromatic nitrogens is 3. The Morgan fingerprint density at radius 1 is 1.32 bits per heavy atom. The Hall–Kier alpha value is -3.10. The van der Waals surface area contributed by atoms with Crippen molar-refractivity contribution in [2.75, 3.05) is 20.1 Å². The maximum atomic E-state index is 12.3. The summed E-state index contributed by atoms with van der Waals surface area (Å²) >= 11 is 0. The molecule has 3 N–H and O–H groups in total. The average Bonchev–Trinajstić information content (AvgIpc) is 3.03. The van der Waals surface area contributed by atoms with Gasteiger partial charge < -0.3 is 15.1 Å². The molecule has 0 bridgehead atoms. The number of carbonyl (C=O) groups excluding carboxylic acids is 2. The Labute approximate surface area is 144 Å². The van der Waals surface area contributed by atoms with Crippen molar-refractivity contribution < 1.29 is 9.59 Å². The van der Waals surface area contributed by atoms with Crippen LogP contribution in [0.3, 0.4) is 0 Å². The van der Waals surface area contributed by atoms with Crippen LogP contribution in [0.1, 0.15) is 17.0 Å². The lowest BCUT2D eigenvalue weighted by molar-refractivity contribution is -0.129. The summed E-state index contributed by atoms with van der Waals surface area (Å²) in [6.07, 6.45) is 0.809. The van der Waals surface area contributed by atoms with Gasteiger partial charge in [0.1, 0.15) is 0 Å². The fourth-order valence-electron chi connectivity index (χ4n) is 2.76. The molecule has 9 nitrogen and oxygen atoms in total. The lowest BCUT2D eigenvalue weighted by Gasteiger charge is -2.29. The Bertz CT molecular complexity index is 827. The summed E-state index contributed by atoms with van der Waals surface area (Å²) in [5.41, 5.74) is 1.97. The molecule has 0 aliphatic carbocycles. The van der Waals surface area contributed by atoms with E-state index < -0.39 is 5.69 Å². The summed E-state index contributed by atoms with van der Waals surface area (Å²) in [7, 11) is 1.58. The molecule has 0 saturated heterocycles. The topological polar surface area (TPSA) is 114 Å². The van der Waals surface area contributed by atoms with Gasteiger partial charge >= 0.3 is 11.7 Å². The van der Waals surface area contributed by atoms with Gasteiger partial charge in [-0.2, -0.15) is 5.10 Å². The number of hydrogen-bond donors (Lipinski definition) is 3. The van der Waals surface area contributed by atoms with Crippen molar-refractivity contribution in [3.63, 3.8) is 0 Å². The van der Waals surface area contributed by atoms with Crippen LogP contribution in [0, 0.1) is 0 Å². The zero-order chi connectivity index (χ0) is 17.8. The minimum Gasteiger partial charge on any atom is -0.337 e. The molecule has 2 aromatic rings. The van der Waals surface area contributed by atoms with Crippen LogP contribution in [-0.2, 0) is 24.3 Å². The molecule has 1 aromatic carbocycles. The maximum Gasteiger partial charge on any atom is 0.340 e. The van der Waals surface area contributed by atoms with Gasteiger partial charge in [0.15, 0.2) is 5.82 Å². The summed E-state index contributed by atoms with van der Waals surface area (Å²) in [6, 6.07) is 7.78. The highest BCUT2D eigenvalue weighted by Crippen LogP contribution is 2.18. The molecule has 3 rings (SSSR count). The van der Waals surface area contributed by atoms with E-state index >= 15 is 0 Å². The first kappa shape index (κ1) is 16.7. The number of carbonyl (C=O) groups is 2.